The molecular formula is C8H8F2N4. The quantitative estimate of drug-likeness (QED) is 0.783. The second-order valence-corrected chi connectivity index (χ2v) is 2.88. The molecule has 0 fully saturated rings. The molecule has 0 saturated heterocycles. The van der Waals surface area contributed by atoms with E-state index in [1.165, 1.54) is 16.9 Å². The number of hydrogen-bond donors (Lipinski definition) is 1. The van der Waals surface area contributed by atoms with Crippen LogP contribution in [0.5, 0.6) is 0 Å². The van der Waals surface area contributed by atoms with Gasteiger partial charge in [0.05, 0.1) is 12.2 Å². The van der Waals surface area contributed by atoms with Crippen LogP contribution in [0.2, 0.25) is 0 Å². The summed E-state index contributed by atoms with van der Waals surface area (Å²) >= 11 is 0. The fourth-order valence-corrected chi connectivity index (χ4v) is 1.14. The standard InChI is InChI=1S/C8H8F2N4/c9-8(10)7(11)5-3-12-6-1-2-13-14(6)4-5/h1-4,7-8H,11H2. The van der Waals surface area contributed by atoms with Gasteiger partial charge in [-0.2, -0.15) is 5.10 Å². The maximum Gasteiger partial charge on any atom is 0.257 e. The van der Waals surface area contributed by atoms with Gasteiger partial charge in [0.15, 0.2) is 5.65 Å². The Morgan fingerprint density at radius 1 is 1.43 bits per heavy atom. The summed E-state index contributed by atoms with van der Waals surface area (Å²) in [6.45, 7) is 0. The summed E-state index contributed by atoms with van der Waals surface area (Å²) < 4.78 is 25.9. The first-order valence-electron chi connectivity index (χ1n) is 4.01. The molecule has 0 saturated carbocycles. The van der Waals surface area contributed by atoms with Crippen molar-refractivity contribution in [1.29, 1.82) is 0 Å². The fourth-order valence-electron chi connectivity index (χ4n) is 1.14. The van der Waals surface area contributed by atoms with Gasteiger partial charge in [-0.3, -0.25) is 0 Å². The second-order valence-electron chi connectivity index (χ2n) is 2.88. The summed E-state index contributed by atoms with van der Waals surface area (Å²) in [5.74, 6) is 0. The lowest BCUT2D eigenvalue weighted by molar-refractivity contribution is 0.116. The molecule has 0 amide bonds. The van der Waals surface area contributed by atoms with Crippen molar-refractivity contribution in [2.24, 2.45) is 5.73 Å². The zero-order chi connectivity index (χ0) is 10.1. The van der Waals surface area contributed by atoms with Crippen LogP contribution >= 0.6 is 0 Å². The number of aromatic nitrogens is 3. The van der Waals surface area contributed by atoms with E-state index in [4.69, 9.17) is 5.73 Å². The lowest BCUT2D eigenvalue weighted by atomic mass is 10.2. The smallest absolute Gasteiger partial charge is 0.257 e. The molecular weight excluding hydrogens is 190 g/mol. The number of nitrogens with zero attached hydrogens (tertiary/aromatic N) is 3. The summed E-state index contributed by atoms with van der Waals surface area (Å²) in [6.07, 6.45) is 1.75. The normalized spacial score (nSPS) is 13.7. The van der Waals surface area contributed by atoms with Crippen LogP contribution in [0.15, 0.2) is 24.7 Å². The summed E-state index contributed by atoms with van der Waals surface area (Å²) in [6, 6.07) is 0.369. The SMILES string of the molecule is NC(c1cnc2ccnn2c1)C(F)F. The first-order valence-corrected chi connectivity index (χ1v) is 4.01. The predicted molar refractivity (Wildman–Crippen MR) is 45.9 cm³/mol. The maximum absolute atomic E-state index is 12.3. The minimum absolute atomic E-state index is 0.274. The monoisotopic (exact) mass is 198 g/mol. The van der Waals surface area contributed by atoms with E-state index in [1.807, 2.05) is 0 Å². The van der Waals surface area contributed by atoms with E-state index in [1.54, 1.807) is 12.3 Å². The third-order valence-corrected chi connectivity index (χ3v) is 1.92. The van der Waals surface area contributed by atoms with Gasteiger partial charge in [0.1, 0.15) is 0 Å². The van der Waals surface area contributed by atoms with Crippen molar-refractivity contribution in [1.82, 2.24) is 14.6 Å². The van der Waals surface area contributed by atoms with Crippen molar-refractivity contribution in [3.8, 4) is 0 Å². The van der Waals surface area contributed by atoms with Gasteiger partial charge in [-0.25, -0.2) is 18.3 Å². The van der Waals surface area contributed by atoms with Gasteiger partial charge < -0.3 is 5.73 Å². The molecule has 1 unspecified atom stereocenters. The lowest BCUT2D eigenvalue weighted by Gasteiger charge is -2.09. The van der Waals surface area contributed by atoms with Crippen molar-refractivity contribution in [2.75, 3.05) is 0 Å². The molecule has 2 N–H and O–H groups in total. The van der Waals surface area contributed by atoms with Crippen molar-refractivity contribution in [3.05, 3.63) is 30.2 Å². The Morgan fingerprint density at radius 2 is 2.21 bits per heavy atom. The Kier molecular flexibility index (Phi) is 2.12. The zero-order valence-electron chi connectivity index (χ0n) is 7.14. The number of nitrogens with two attached hydrogens (primary N) is 1. The largest absolute Gasteiger partial charge is 0.319 e. The van der Waals surface area contributed by atoms with Gasteiger partial charge in [-0.1, -0.05) is 0 Å². The highest BCUT2D eigenvalue weighted by Gasteiger charge is 2.18. The van der Waals surface area contributed by atoms with Crippen molar-refractivity contribution >= 4 is 5.65 Å². The second kappa shape index (κ2) is 3.30. The Hall–Kier alpha value is -1.56. The molecule has 2 aromatic heterocycles. The number of rotatable bonds is 2. The molecule has 0 aliphatic heterocycles. The summed E-state index contributed by atoms with van der Waals surface area (Å²) in [5, 5.41) is 3.87. The summed E-state index contributed by atoms with van der Waals surface area (Å²) in [5.41, 5.74) is 6.15. The highest BCUT2D eigenvalue weighted by molar-refractivity contribution is 5.36. The number of hydrogen-bond acceptors (Lipinski definition) is 3. The lowest BCUT2D eigenvalue weighted by Crippen LogP contribution is -2.19. The Labute approximate surface area is 78.4 Å². The molecule has 74 valence electrons. The fraction of sp³-hybridized carbons (Fsp3) is 0.250. The average Bonchev–Trinajstić information content (AvgIpc) is 2.62. The molecule has 1 atom stereocenters. The number of halogens is 2. The van der Waals surface area contributed by atoms with E-state index >= 15 is 0 Å². The summed E-state index contributed by atoms with van der Waals surface area (Å²) in [7, 11) is 0. The van der Waals surface area contributed by atoms with Crippen LogP contribution in [-0.4, -0.2) is 21.0 Å². The van der Waals surface area contributed by atoms with Crippen LogP contribution in [0.4, 0.5) is 8.78 Å². The van der Waals surface area contributed by atoms with E-state index in [2.05, 4.69) is 10.1 Å². The van der Waals surface area contributed by atoms with Crippen LogP contribution in [-0.2, 0) is 0 Å². The number of alkyl halides is 2. The van der Waals surface area contributed by atoms with Crippen LogP contribution in [0.1, 0.15) is 11.6 Å². The predicted octanol–water partition coefficient (Wildman–Crippen LogP) is 0.994. The van der Waals surface area contributed by atoms with Gasteiger partial charge in [-0.05, 0) is 0 Å². The van der Waals surface area contributed by atoms with Crippen LogP contribution in [0.3, 0.4) is 0 Å². The molecule has 14 heavy (non-hydrogen) atoms. The highest BCUT2D eigenvalue weighted by atomic mass is 19.3. The Bertz CT molecular complexity index is 440. The zero-order valence-corrected chi connectivity index (χ0v) is 7.14. The molecule has 0 spiro atoms. The minimum Gasteiger partial charge on any atom is -0.319 e. The van der Waals surface area contributed by atoms with Gasteiger partial charge in [0.25, 0.3) is 6.43 Å². The van der Waals surface area contributed by atoms with Crippen molar-refractivity contribution < 1.29 is 8.78 Å². The first kappa shape index (κ1) is 9.01. The third-order valence-electron chi connectivity index (χ3n) is 1.92. The van der Waals surface area contributed by atoms with E-state index in [0.29, 0.717) is 5.65 Å². The molecule has 2 heterocycles. The minimum atomic E-state index is -2.59. The topological polar surface area (TPSA) is 56.2 Å². The Balaban J connectivity index is 2.43. The average molecular weight is 198 g/mol. The Morgan fingerprint density at radius 3 is 2.93 bits per heavy atom. The van der Waals surface area contributed by atoms with Gasteiger partial charge in [0.2, 0.25) is 0 Å². The molecule has 2 rings (SSSR count). The number of fused-ring (bicyclic) bond motifs is 1. The summed E-state index contributed by atoms with van der Waals surface area (Å²) in [4.78, 5) is 3.93. The molecule has 6 heteroatoms. The van der Waals surface area contributed by atoms with Gasteiger partial charge in [0, 0.05) is 24.0 Å². The van der Waals surface area contributed by atoms with E-state index < -0.39 is 12.5 Å². The molecule has 0 aliphatic rings. The van der Waals surface area contributed by atoms with Crippen LogP contribution in [0, 0.1) is 0 Å². The van der Waals surface area contributed by atoms with E-state index in [9.17, 15) is 8.78 Å². The van der Waals surface area contributed by atoms with Gasteiger partial charge in [-0.15, -0.1) is 0 Å². The van der Waals surface area contributed by atoms with E-state index in [0.717, 1.165) is 0 Å². The molecule has 2 aromatic rings. The molecule has 0 aliphatic carbocycles. The van der Waals surface area contributed by atoms with E-state index in [-0.39, 0.29) is 5.56 Å². The molecule has 4 nitrogen and oxygen atoms in total. The van der Waals surface area contributed by atoms with Crippen molar-refractivity contribution in [3.63, 3.8) is 0 Å². The maximum atomic E-state index is 12.3. The molecule has 0 radical (unpaired) electrons. The molecule has 0 bridgehead atoms. The van der Waals surface area contributed by atoms with Crippen LogP contribution in [0.25, 0.3) is 5.65 Å². The highest BCUT2D eigenvalue weighted by Crippen LogP contribution is 2.16. The van der Waals surface area contributed by atoms with Crippen molar-refractivity contribution in [2.45, 2.75) is 12.5 Å². The van der Waals surface area contributed by atoms with Gasteiger partial charge >= 0.3 is 0 Å². The molecule has 0 aromatic carbocycles. The first-order chi connectivity index (χ1) is 6.68. The van der Waals surface area contributed by atoms with Crippen LogP contribution < -0.4 is 5.73 Å². The third kappa shape index (κ3) is 1.44.